The number of hydrogen-bond acceptors (Lipinski definition) is 0. The molecule has 0 aliphatic heterocycles. The third kappa shape index (κ3) is 15.8. The monoisotopic (exact) mass is 387 g/mol. The highest BCUT2D eigenvalue weighted by atomic mass is 31.2. The highest BCUT2D eigenvalue weighted by Crippen LogP contribution is 2.58. The topological polar surface area (TPSA) is 0 Å². The molecule has 0 saturated carbocycles. The van der Waals surface area contributed by atoms with Crippen LogP contribution < -0.4 is 0 Å². The van der Waals surface area contributed by atoms with Gasteiger partial charge in [-0.2, -0.15) is 0 Å². The molecule has 0 amide bonds. The van der Waals surface area contributed by atoms with Crippen LogP contribution >= 0.6 is 7.26 Å². The molecule has 0 spiro atoms. The molecule has 0 heterocycles. The lowest BCUT2D eigenvalue weighted by Crippen LogP contribution is -2.10. The lowest BCUT2D eigenvalue weighted by atomic mass is 10.1. The number of hydrogen-bond donors (Lipinski definition) is 0. The average Bonchev–Trinajstić information content (AvgIpc) is 2.69. The first kappa shape index (κ1) is 26.1. The van der Waals surface area contributed by atoms with Crippen LogP contribution in [0.5, 0.6) is 0 Å². The first-order valence-corrected chi connectivity index (χ1v) is 13.8. The molecular weight excluding hydrogens is 343 g/mol. The van der Waals surface area contributed by atoms with Crippen molar-refractivity contribution in [3.63, 3.8) is 0 Å². The molecule has 0 saturated heterocycles. The van der Waals surface area contributed by atoms with Crippen molar-refractivity contribution >= 4 is 7.26 Å². The molecular formula is C26H44P+. The van der Waals surface area contributed by atoms with Crippen LogP contribution in [-0.2, 0) is 0 Å². The van der Waals surface area contributed by atoms with Crippen molar-refractivity contribution in [3.8, 4) is 35.5 Å². The first-order valence-electron chi connectivity index (χ1n) is 11.3. The van der Waals surface area contributed by atoms with Crippen molar-refractivity contribution in [3.05, 3.63) is 0 Å². The van der Waals surface area contributed by atoms with Crippen LogP contribution in [0.1, 0.15) is 105 Å². The first-order chi connectivity index (χ1) is 13.2. The van der Waals surface area contributed by atoms with Crippen molar-refractivity contribution in [1.82, 2.24) is 0 Å². The fraction of sp³-hybridized carbons (Fsp3) is 0.769. The molecule has 0 aromatic carbocycles. The Morgan fingerprint density at radius 1 is 0.481 bits per heavy atom. The summed E-state index contributed by atoms with van der Waals surface area (Å²) in [6, 6.07) is 0. The van der Waals surface area contributed by atoms with Gasteiger partial charge in [0.25, 0.3) is 0 Å². The minimum atomic E-state index is -1.15. The summed E-state index contributed by atoms with van der Waals surface area (Å²) in [5, 5.41) is 0. The van der Waals surface area contributed by atoms with Gasteiger partial charge in [0.05, 0.1) is 13.4 Å². The molecule has 0 N–H and O–H groups in total. The molecule has 27 heavy (non-hydrogen) atoms. The van der Waals surface area contributed by atoms with Gasteiger partial charge >= 0.3 is 0 Å². The van der Waals surface area contributed by atoms with Gasteiger partial charge in [-0.05, 0) is 33.6 Å². The molecule has 0 aromatic heterocycles. The molecule has 0 nitrogen and oxygen atoms in total. The van der Waals surface area contributed by atoms with Crippen LogP contribution in [0.3, 0.4) is 0 Å². The summed E-state index contributed by atoms with van der Waals surface area (Å²) in [4.78, 5) is 0. The normalized spacial score (nSPS) is 10.2. The molecule has 0 atom stereocenters. The summed E-state index contributed by atoms with van der Waals surface area (Å²) in [6.45, 7) is 8.15. The molecule has 0 radical (unpaired) electrons. The lowest BCUT2D eigenvalue weighted by Gasteiger charge is -2.21. The van der Waals surface area contributed by atoms with Crippen molar-refractivity contribution in [2.75, 3.05) is 24.6 Å². The van der Waals surface area contributed by atoms with Crippen molar-refractivity contribution in [2.24, 2.45) is 0 Å². The van der Waals surface area contributed by atoms with Gasteiger partial charge in [0.2, 0.25) is 0 Å². The third-order valence-corrected chi connectivity index (χ3v) is 9.01. The molecule has 0 aromatic rings. The Morgan fingerprint density at radius 2 is 0.815 bits per heavy atom. The predicted molar refractivity (Wildman–Crippen MR) is 128 cm³/mol. The van der Waals surface area contributed by atoms with Crippen LogP contribution in [0.2, 0.25) is 0 Å². The summed E-state index contributed by atoms with van der Waals surface area (Å²) >= 11 is 0. The Balaban J connectivity index is 4.04. The van der Waals surface area contributed by atoms with E-state index < -0.39 is 7.26 Å². The summed E-state index contributed by atoms with van der Waals surface area (Å²) in [5.74, 6) is 19.4. The van der Waals surface area contributed by atoms with E-state index in [1.807, 2.05) is 20.8 Å². The van der Waals surface area contributed by atoms with Crippen molar-refractivity contribution < 1.29 is 0 Å². The maximum absolute atomic E-state index is 3.36. The number of unbranched alkanes of at least 4 members (excludes halogenated alkanes) is 11. The Morgan fingerprint density at radius 3 is 1.15 bits per heavy atom. The van der Waals surface area contributed by atoms with E-state index in [1.165, 1.54) is 83.2 Å². The molecule has 0 rings (SSSR count). The van der Waals surface area contributed by atoms with E-state index in [1.54, 1.807) is 0 Å². The van der Waals surface area contributed by atoms with E-state index in [4.69, 9.17) is 0 Å². The zero-order valence-electron chi connectivity index (χ0n) is 18.8. The maximum atomic E-state index is 3.36. The van der Waals surface area contributed by atoms with E-state index in [0.717, 1.165) is 18.5 Å². The van der Waals surface area contributed by atoms with Crippen LogP contribution in [0.4, 0.5) is 0 Å². The second-order valence-corrected chi connectivity index (χ2v) is 11.8. The lowest BCUT2D eigenvalue weighted by molar-refractivity contribution is 0.548. The Hall–Kier alpha value is -0.890. The number of rotatable bonds is 16. The van der Waals surface area contributed by atoms with E-state index in [9.17, 15) is 0 Å². The zero-order valence-corrected chi connectivity index (χ0v) is 19.7. The minimum Gasteiger partial charge on any atom is -0.103 e. The standard InChI is InChI=1S/C26H44P/c1-5-9-13-14-15-16-17-18-19-20-21-22-26-27(23-10-6-2,24-11-7-3)25-12-8-4/h5,9,13-26H2,1-4H3/q+1. The van der Waals surface area contributed by atoms with Crippen LogP contribution in [0.15, 0.2) is 0 Å². The summed E-state index contributed by atoms with van der Waals surface area (Å²) in [6.07, 6.45) is 21.4. The smallest absolute Gasteiger partial charge is 0.103 e. The van der Waals surface area contributed by atoms with E-state index in [0.29, 0.717) is 0 Å². The van der Waals surface area contributed by atoms with Crippen LogP contribution in [0, 0.1) is 35.5 Å². The minimum absolute atomic E-state index is 1.05. The van der Waals surface area contributed by atoms with Gasteiger partial charge < -0.3 is 0 Å². The van der Waals surface area contributed by atoms with Crippen molar-refractivity contribution in [1.29, 1.82) is 0 Å². The Bertz CT molecular complexity index is 457. The molecule has 0 unspecified atom stereocenters. The van der Waals surface area contributed by atoms with E-state index >= 15 is 0 Å². The molecule has 0 bridgehead atoms. The average molecular weight is 388 g/mol. The summed E-state index contributed by atoms with van der Waals surface area (Å²) < 4.78 is 0. The predicted octanol–water partition coefficient (Wildman–Crippen LogP) is 7.78. The quantitative estimate of drug-likeness (QED) is 0.144. The van der Waals surface area contributed by atoms with Gasteiger partial charge in [0, 0.05) is 0 Å². The third-order valence-electron chi connectivity index (χ3n) is 5.26. The fourth-order valence-electron chi connectivity index (χ4n) is 3.43. The fourth-order valence-corrected chi connectivity index (χ4v) is 6.62. The highest BCUT2D eigenvalue weighted by molar-refractivity contribution is 7.76. The summed E-state index contributed by atoms with van der Waals surface area (Å²) in [7, 11) is -1.15. The second kappa shape index (κ2) is 19.9. The van der Waals surface area contributed by atoms with E-state index in [-0.39, 0.29) is 0 Å². The molecule has 1 heteroatoms. The van der Waals surface area contributed by atoms with Gasteiger partial charge in [0.1, 0.15) is 18.5 Å². The van der Waals surface area contributed by atoms with Crippen molar-refractivity contribution in [2.45, 2.75) is 105 Å². The van der Waals surface area contributed by atoms with Gasteiger partial charge in [-0.3, -0.25) is 0 Å². The van der Waals surface area contributed by atoms with Gasteiger partial charge in [-0.1, -0.05) is 88.9 Å². The van der Waals surface area contributed by atoms with Crippen LogP contribution in [-0.4, -0.2) is 24.6 Å². The van der Waals surface area contributed by atoms with E-state index in [2.05, 4.69) is 42.4 Å². The zero-order chi connectivity index (χ0) is 20.1. The molecule has 0 aliphatic carbocycles. The highest BCUT2D eigenvalue weighted by Gasteiger charge is 2.34. The maximum Gasteiger partial charge on any atom is 0.121 e. The molecule has 0 fully saturated rings. The van der Waals surface area contributed by atoms with Gasteiger partial charge in [-0.15, -0.1) is 17.8 Å². The molecule has 152 valence electrons. The SMILES string of the molecule is CC#CC[P+](CC#CC)(CC#CC)CCCCCCCCCCCCCC. The second-order valence-electron chi connectivity index (χ2n) is 7.71. The van der Waals surface area contributed by atoms with Crippen LogP contribution in [0.25, 0.3) is 0 Å². The summed E-state index contributed by atoms with van der Waals surface area (Å²) in [5.41, 5.74) is 0. The Kier molecular flexibility index (Phi) is 19.2. The van der Waals surface area contributed by atoms with Gasteiger partial charge in [0.15, 0.2) is 0 Å². The molecule has 0 aliphatic rings. The van der Waals surface area contributed by atoms with Gasteiger partial charge in [-0.25, -0.2) is 0 Å². The largest absolute Gasteiger partial charge is 0.121 e. The Labute approximate surface area is 172 Å².